The lowest BCUT2D eigenvalue weighted by Gasteiger charge is -2.26. The van der Waals surface area contributed by atoms with Crippen LogP contribution < -0.4 is 5.32 Å². The first kappa shape index (κ1) is 13.9. The van der Waals surface area contributed by atoms with Gasteiger partial charge in [0, 0.05) is 30.9 Å². The van der Waals surface area contributed by atoms with Crippen LogP contribution in [0.1, 0.15) is 26.7 Å². The zero-order valence-corrected chi connectivity index (χ0v) is 11.5. The van der Waals surface area contributed by atoms with Gasteiger partial charge in [0.15, 0.2) is 0 Å². The fraction of sp³-hybridized carbons (Fsp3) is 1.00. The summed E-state index contributed by atoms with van der Waals surface area (Å²) in [7, 11) is -0.728. The van der Waals surface area contributed by atoms with Crippen LogP contribution in [-0.4, -0.2) is 57.0 Å². The average molecular weight is 248 g/mol. The summed E-state index contributed by atoms with van der Waals surface area (Å²) >= 11 is 0. The van der Waals surface area contributed by atoms with Crippen molar-refractivity contribution in [2.75, 3.05) is 25.6 Å². The normalized spacial score (nSPS) is 21.1. The van der Waals surface area contributed by atoms with E-state index in [2.05, 4.69) is 24.2 Å². The van der Waals surface area contributed by atoms with E-state index in [1.807, 2.05) is 6.92 Å². The Morgan fingerprint density at radius 2 is 1.94 bits per heavy atom. The second-order valence-electron chi connectivity index (χ2n) is 5.15. The topological polar surface area (TPSA) is 49.4 Å². The molecule has 0 saturated heterocycles. The smallest absolute Gasteiger partial charge is 0.148 e. The van der Waals surface area contributed by atoms with E-state index in [1.54, 1.807) is 0 Å². The Balaban J connectivity index is 2.22. The molecule has 0 radical (unpaired) electrons. The molecule has 1 N–H and O–H groups in total. The zero-order valence-electron chi connectivity index (χ0n) is 10.7. The summed E-state index contributed by atoms with van der Waals surface area (Å²) in [5.41, 5.74) is 0. The highest BCUT2D eigenvalue weighted by molar-refractivity contribution is 7.90. The van der Waals surface area contributed by atoms with Gasteiger partial charge in [-0.2, -0.15) is 0 Å². The van der Waals surface area contributed by atoms with E-state index >= 15 is 0 Å². The molecule has 0 amide bonds. The van der Waals surface area contributed by atoms with Gasteiger partial charge in [-0.05, 0) is 33.7 Å². The first-order valence-corrected chi connectivity index (χ1v) is 7.98. The Morgan fingerprint density at radius 3 is 2.38 bits per heavy atom. The molecule has 0 heterocycles. The number of sulfone groups is 1. The van der Waals surface area contributed by atoms with Crippen LogP contribution in [-0.2, 0) is 9.84 Å². The van der Waals surface area contributed by atoms with Gasteiger partial charge in [-0.15, -0.1) is 0 Å². The van der Waals surface area contributed by atoms with E-state index in [-0.39, 0.29) is 11.8 Å². The van der Waals surface area contributed by atoms with E-state index in [4.69, 9.17) is 0 Å². The minimum Gasteiger partial charge on any atom is -0.312 e. The predicted molar refractivity (Wildman–Crippen MR) is 67.4 cm³/mol. The Labute approximate surface area is 99.3 Å². The summed E-state index contributed by atoms with van der Waals surface area (Å²) in [6.45, 7) is 4.95. The third-order valence-electron chi connectivity index (χ3n) is 3.13. The summed E-state index contributed by atoms with van der Waals surface area (Å²) in [6, 6.07) is 1.25. The molecule has 0 aromatic rings. The molecule has 0 aromatic carbocycles. The Kier molecular flexibility index (Phi) is 4.76. The van der Waals surface area contributed by atoms with Gasteiger partial charge in [-0.25, -0.2) is 8.42 Å². The number of hydrogen-bond acceptors (Lipinski definition) is 4. The lowest BCUT2D eigenvalue weighted by molar-refractivity contribution is 0.238. The van der Waals surface area contributed by atoms with Crippen molar-refractivity contribution in [3.8, 4) is 0 Å². The van der Waals surface area contributed by atoms with Crippen molar-refractivity contribution in [2.45, 2.75) is 44.8 Å². The van der Waals surface area contributed by atoms with Gasteiger partial charge in [0.1, 0.15) is 9.84 Å². The lowest BCUT2D eigenvalue weighted by atomic mass is 10.2. The van der Waals surface area contributed by atoms with Crippen molar-refractivity contribution < 1.29 is 8.42 Å². The van der Waals surface area contributed by atoms with E-state index in [1.165, 1.54) is 19.1 Å². The van der Waals surface area contributed by atoms with Crippen LogP contribution in [0, 0.1) is 0 Å². The standard InChI is InChI=1S/C11H24N2O2S/c1-9(8-16(4,14)15)12-7-10(2)13(3)11-5-6-11/h9-12H,5-8H2,1-4H3. The molecular weight excluding hydrogens is 224 g/mol. The molecule has 5 heteroatoms. The van der Waals surface area contributed by atoms with Crippen molar-refractivity contribution in [2.24, 2.45) is 0 Å². The summed E-state index contributed by atoms with van der Waals surface area (Å²) in [5.74, 6) is 0.215. The first-order chi connectivity index (χ1) is 7.29. The van der Waals surface area contributed by atoms with Gasteiger partial charge >= 0.3 is 0 Å². The molecule has 2 unspecified atom stereocenters. The summed E-state index contributed by atoms with van der Waals surface area (Å²) in [5, 5.41) is 3.28. The number of nitrogens with one attached hydrogen (secondary N) is 1. The summed E-state index contributed by atoms with van der Waals surface area (Å²) < 4.78 is 22.2. The quantitative estimate of drug-likeness (QED) is 0.712. The molecule has 1 fully saturated rings. The van der Waals surface area contributed by atoms with Crippen molar-refractivity contribution in [1.82, 2.24) is 10.2 Å². The summed E-state index contributed by atoms with van der Waals surface area (Å²) in [6.07, 6.45) is 3.89. The van der Waals surface area contributed by atoms with Crippen LogP contribution in [0.5, 0.6) is 0 Å². The maximum atomic E-state index is 11.1. The van der Waals surface area contributed by atoms with Crippen LogP contribution in [0.25, 0.3) is 0 Å². The highest BCUT2D eigenvalue weighted by atomic mass is 32.2. The molecule has 4 nitrogen and oxygen atoms in total. The third-order valence-corrected chi connectivity index (χ3v) is 4.24. The molecule has 1 aliphatic rings. The van der Waals surface area contributed by atoms with E-state index in [0.717, 1.165) is 12.6 Å². The van der Waals surface area contributed by atoms with Gasteiger partial charge < -0.3 is 5.32 Å². The minimum atomic E-state index is -2.87. The Morgan fingerprint density at radius 1 is 1.38 bits per heavy atom. The molecule has 0 aromatic heterocycles. The number of nitrogens with zero attached hydrogens (tertiary/aromatic N) is 1. The minimum absolute atomic E-state index is 0.0325. The zero-order chi connectivity index (χ0) is 12.3. The second-order valence-corrected chi connectivity index (χ2v) is 7.33. The Hall–Kier alpha value is -0.130. The largest absolute Gasteiger partial charge is 0.312 e. The molecule has 0 bridgehead atoms. The van der Waals surface area contributed by atoms with Gasteiger partial charge in [0.2, 0.25) is 0 Å². The first-order valence-electron chi connectivity index (χ1n) is 5.92. The third kappa shape index (κ3) is 5.27. The number of rotatable bonds is 7. The van der Waals surface area contributed by atoms with Crippen LogP contribution in [0.4, 0.5) is 0 Å². The van der Waals surface area contributed by atoms with Crippen molar-refractivity contribution >= 4 is 9.84 Å². The maximum absolute atomic E-state index is 11.1. The molecule has 0 aliphatic heterocycles. The SMILES string of the molecule is CC(CS(C)(=O)=O)NCC(C)N(C)C1CC1. The fourth-order valence-electron chi connectivity index (χ4n) is 1.87. The molecule has 1 rings (SSSR count). The molecule has 2 atom stereocenters. The fourth-order valence-corrected chi connectivity index (χ4v) is 2.90. The second kappa shape index (κ2) is 5.47. The summed E-state index contributed by atoms with van der Waals surface area (Å²) in [4.78, 5) is 2.38. The van der Waals surface area contributed by atoms with Crippen LogP contribution >= 0.6 is 0 Å². The van der Waals surface area contributed by atoms with E-state index < -0.39 is 9.84 Å². The Bertz CT molecular complexity index is 312. The van der Waals surface area contributed by atoms with Crippen LogP contribution in [0.2, 0.25) is 0 Å². The van der Waals surface area contributed by atoms with E-state index in [9.17, 15) is 8.42 Å². The highest BCUT2D eigenvalue weighted by Crippen LogP contribution is 2.26. The average Bonchev–Trinajstić information content (AvgIpc) is 2.93. The lowest BCUT2D eigenvalue weighted by Crippen LogP contribution is -2.43. The van der Waals surface area contributed by atoms with Gasteiger partial charge in [-0.1, -0.05) is 0 Å². The van der Waals surface area contributed by atoms with Gasteiger partial charge in [0.25, 0.3) is 0 Å². The highest BCUT2D eigenvalue weighted by Gasteiger charge is 2.29. The van der Waals surface area contributed by atoms with Gasteiger partial charge in [0.05, 0.1) is 5.75 Å². The predicted octanol–water partition coefficient (Wildman–Crippen LogP) is 0.492. The van der Waals surface area contributed by atoms with Crippen molar-refractivity contribution in [3.63, 3.8) is 0 Å². The van der Waals surface area contributed by atoms with Gasteiger partial charge in [-0.3, -0.25) is 4.90 Å². The van der Waals surface area contributed by atoms with Crippen molar-refractivity contribution in [1.29, 1.82) is 0 Å². The van der Waals surface area contributed by atoms with E-state index in [0.29, 0.717) is 6.04 Å². The van der Waals surface area contributed by atoms with Crippen molar-refractivity contribution in [3.05, 3.63) is 0 Å². The maximum Gasteiger partial charge on any atom is 0.148 e. The van der Waals surface area contributed by atoms with Crippen LogP contribution in [0.3, 0.4) is 0 Å². The van der Waals surface area contributed by atoms with Crippen LogP contribution in [0.15, 0.2) is 0 Å². The molecule has 1 aliphatic carbocycles. The molecule has 1 saturated carbocycles. The molecule has 0 spiro atoms. The number of hydrogen-bond donors (Lipinski definition) is 1. The molecule has 96 valence electrons. The monoisotopic (exact) mass is 248 g/mol. The molecular formula is C11H24N2O2S. The number of likely N-dealkylation sites (N-methyl/N-ethyl adjacent to an activating group) is 1. The molecule has 16 heavy (non-hydrogen) atoms.